The number of hydrogen-bond donors (Lipinski definition) is 2. The molecule has 6 heteroatoms. The minimum absolute atomic E-state index is 0.131. The smallest absolute Gasteiger partial charge is 0.387 e. The molecule has 0 saturated carbocycles. The van der Waals surface area contributed by atoms with E-state index < -0.39 is 6.61 Å². The second-order valence-corrected chi connectivity index (χ2v) is 3.54. The number of ether oxygens (including phenoxy) is 1. The molecule has 0 saturated heterocycles. The van der Waals surface area contributed by atoms with E-state index in [2.05, 4.69) is 14.9 Å². The van der Waals surface area contributed by atoms with Crippen LogP contribution >= 0.6 is 0 Å². The molecule has 0 spiro atoms. The first-order chi connectivity index (χ1) is 8.08. The van der Waals surface area contributed by atoms with Crippen molar-refractivity contribution in [3.8, 4) is 17.0 Å². The minimum Gasteiger partial charge on any atom is -0.434 e. The summed E-state index contributed by atoms with van der Waals surface area (Å²) < 4.78 is 29.2. The van der Waals surface area contributed by atoms with Gasteiger partial charge in [-0.3, -0.25) is 5.10 Å². The Morgan fingerprint density at radius 2 is 2.18 bits per heavy atom. The number of nitrogens with two attached hydrogens (primary N) is 1. The molecule has 1 aromatic carbocycles. The first-order valence-electron chi connectivity index (χ1n) is 4.93. The lowest BCUT2D eigenvalue weighted by Gasteiger charge is -2.11. The summed E-state index contributed by atoms with van der Waals surface area (Å²) in [7, 11) is 0. The zero-order valence-electron chi connectivity index (χ0n) is 9.08. The van der Waals surface area contributed by atoms with Crippen LogP contribution in [0.1, 0.15) is 5.56 Å². The number of alkyl halides is 2. The van der Waals surface area contributed by atoms with Crippen LogP contribution in [0.4, 0.5) is 14.6 Å². The van der Waals surface area contributed by atoms with E-state index in [0.29, 0.717) is 22.6 Å². The average molecular weight is 239 g/mol. The average Bonchev–Trinajstić information content (AvgIpc) is 2.67. The van der Waals surface area contributed by atoms with Gasteiger partial charge in [0.1, 0.15) is 11.6 Å². The summed E-state index contributed by atoms with van der Waals surface area (Å²) in [4.78, 5) is 0. The molecule has 0 atom stereocenters. The number of halogens is 2. The number of aromatic nitrogens is 2. The molecule has 0 fully saturated rings. The van der Waals surface area contributed by atoms with Crippen LogP contribution < -0.4 is 10.5 Å². The van der Waals surface area contributed by atoms with Crippen molar-refractivity contribution in [2.24, 2.45) is 0 Å². The Morgan fingerprint density at radius 1 is 1.41 bits per heavy atom. The van der Waals surface area contributed by atoms with Gasteiger partial charge in [0.05, 0.1) is 5.69 Å². The van der Waals surface area contributed by atoms with Gasteiger partial charge >= 0.3 is 6.61 Å². The number of H-pyrrole nitrogens is 1. The molecule has 1 heterocycles. The molecule has 0 radical (unpaired) electrons. The van der Waals surface area contributed by atoms with Crippen LogP contribution in [-0.4, -0.2) is 16.8 Å². The van der Waals surface area contributed by atoms with Gasteiger partial charge in [-0.1, -0.05) is 12.1 Å². The van der Waals surface area contributed by atoms with E-state index in [1.165, 1.54) is 0 Å². The number of aromatic amines is 1. The standard InChI is InChI=1S/C11H11F2N3O/c1-6-3-2-4-7(10(6)17-11(12)13)8-5-9(14)16-15-8/h2-5,11H,1H3,(H3,14,15,16). The molecule has 90 valence electrons. The van der Waals surface area contributed by atoms with Crippen molar-refractivity contribution < 1.29 is 13.5 Å². The third kappa shape index (κ3) is 2.35. The SMILES string of the molecule is Cc1cccc(-c2cc(N)n[nH]2)c1OC(F)F. The second-order valence-electron chi connectivity index (χ2n) is 3.54. The van der Waals surface area contributed by atoms with Crippen molar-refractivity contribution in [3.63, 3.8) is 0 Å². The number of hydrogen-bond acceptors (Lipinski definition) is 3. The van der Waals surface area contributed by atoms with Gasteiger partial charge in [0.2, 0.25) is 0 Å². The molecular weight excluding hydrogens is 228 g/mol. The normalized spacial score (nSPS) is 10.8. The van der Waals surface area contributed by atoms with E-state index in [1.54, 1.807) is 31.2 Å². The van der Waals surface area contributed by atoms with Crippen LogP contribution in [0.5, 0.6) is 5.75 Å². The molecule has 0 aliphatic carbocycles. The van der Waals surface area contributed by atoms with E-state index in [1.807, 2.05) is 0 Å². The highest BCUT2D eigenvalue weighted by atomic mass is 19.3. The van der Waals surface area contributed by atoms with E-state index >= 15 is 0 Å². The molecule has 1 aromatic heterocycles. The maximum absolute atomic E-state index is 12.3. The molecule has 2 aromatic rings. The summed E-state index contributed by atoms with van der Waals surface area (Å²) in [6, 6.07) is 6.67. The Balaban J connectivity index is 2.49. The first kappa shape index (κ1) is 11.4. The van der Waals surface area contributed by atoms with E-state index in [-0.39, 0.29) is 5.75 Å². The van der Waals surface area contributed by atoms with Gasteiger partial charge in [0.15, 0.2) is 0 Å². The highest BCUT2D eigenvalue weighted by molar-refractivity contribution is 5.70. The molecule has 0 aliphatic rings. The minimum atomic E-state index is -2.87. The number of benzene rings is 1. The van der Waals surface area contributed by atoms with Crippen LogP contribution in [0.2, 0.25) is 0 Å². The number of para-hydroxylation sites is 1. The van der Waals surface area contributed by atoms with Crippen molar-refractivity contribution >= 4 is 5.82 Å². The van der Waals surface area contributed by atoms with Crippen molar-refractivity contribution in [2.45, 2.75) is 13.5 Å². The van der Waals surface area contributed by atoms with Crippen molar-refractivity contribution in [3.05, 3.63) is 29.8 Å². The summed E-state index contributed by atoms with van der Waals surface area (Å²) in [5.74, 6) is 0.427. The van der Waals surface area contributed by atoms with Gasteiger partial charge in [-0.15, -0.1) is 0 Å². The lowest BCUT2D eigenvalue weighted by molar-refractivity contribution is -0.0499. The summed E-state index contributed by atoms with van der Waals surface area (Å²) in [6.45, 7) is -1.17. The summed E-state index contributed by atoms with van der Waals surface area (Å²) in [5.41, 5.74) is 7.15. The second kappa shape index (κ2) is 4.40. The van der Waals surface area contributed by atoms with Gasteiger partial charge in [0.25, 0.3) is 0 Å². The largest absolute Gasteiger partial charge is 0.434 e. The summed E-state index contributed by atoms with van der Waals surface area (Å²) in [6.07, 6.45) is 0. The third-order valence-electron chi connectivity index (χ3n) is 2.31. The van der Waals surface area contributed by atoms with Crippen LogP contribution in [0, 0.1) is 6.92 Å². The van der Waals surface area contributed by atoms with E-state index in [9.17, 15) is 8.78 Å². The van der Waals surface area contributed by atoms with E-state index in [0.717, 1.165) is 0 Å². The maximum Gasteiger partial charge on any atom is 0.387 e. The zero-order valence-corrected chi connectivity index (χ0v) is 9.08. The third-order valence-corrected chi connectivity index (χ3v) is 2.31. The molecule has 0 bridgehead atoms. The van der Waals surface area contributed by atoms with Crippen LogP contribution in [0.3, 0.4) is 0 Å². The number of nitrogens with one attached hydrogen (secondary N) is 1. The molecule has 2 rings (SSSR count). The monoisotopic (exact) mass is 239 g/mol. The Bertz CT molecular complexity index is 525. The lowest BCUT2D eigenvalue weighted by Crippen LogP contribution is -2.04. The number of aryl methyl sites for hydroxylation is 1. The van der Waals surface area contributed by atoms with Crippen LogP contribution in [0.25, 0.3) is 11.3 Å². The Morgan fingerprint density at radius 3 is 2.76 bits per heavy atom. The Hall–Kier alpha value is -2.11. The van der Waals surface area contributed by atoms with Gasteiger partial charge in [-0.2, -0.15) is 13.9 Å². The molecule has 0 amide bonds. The molecule has 3 N–H and O–H groups in total. The lowest BCUT2D eigenvalue weighted by atomic mass is 10.1. The summed E-state index contributed by atoms with van der Waals surface area (Å²) >= 11 is 0. The predicted molar refractivity (Wildman–Crippen MR) is 59.8 cm³/mol. The Labute approximate surface area is 96.4 Å². The highest BCUT2D eigenvalue weighted by Crippen LogP contribution is 2.33. The molecular formula is C11H11F2N3O. The van der Waals surface area contributed by atoms with Crippen LogP contribution in [-0.2, 0) is 0 Å². The number of nitrogens with zero attached hydrogens (tertiary/aromatic N) is 1. The fourth-order valence-electron chi connectivity index (χ4n) is 1.59. The fraction of sp³-hybridized carbons (Fsp3) is 0.182. The van der Waals surface area contributed by atoms with Gasteiger partial charge in [0, 0.05) is 11.6 Å². The van der Waals surface area contributed by atoms with Crippen molar-refractivity contribution in [1.29, 1.82) is 0 Å². The first-order valence-corrected chi connectivity index (χ1v) is 4.93. The quantitative estimate of drug-likeness (QED) is 0.865. The summed E-state index contributed by atoms with van der Waals surface area (Å²) in [5, 5.41) is 6.42. The topological polar surface area (TPSA) is 63.9 Å². The Kier molecular flexibility index (Phi) is 2.95. The van der Waals surface area contributed by atoms with Gasteiger partial charge in [-0.05, 0) is 18.6 Å². The molecule has 0 aliphatic heterocycles. The molecule has 0 unspecified atom stereocenters. The predicted octanol–water partition coefficient (Wildman–Crippen LogP) is 2.57. The van der Waals surface area contributed by atoms with Crippen LogP contribution in [0.15, 0.2) is 24.3 Å². The van der Waals surface area contributed by atoms with Gasteiger partial charge < -0.3 is 10.5 Å². The number of nitrogen functional groups attached to an aromatic ring is 1. The molecule has 17 heavy (non-hydrogen) atoms. The van der Waals surface area contributed by atoms with Gasteiger partial charge in [-0.25, -0.2) is 0 Å². The maximum atomic E-state index is 12.3. The number of rotatable bonds is 3. The van der Waals surface area contributed by atoms with Crippen molar-refractivity contribution in [2.75, 3.05) is 5.73 Å². The van der Waals surface area contributed by atoms with Crippen molar-refractivity contribution in [1.82, 2.24) is 10.2 Å². The highest BCUT2D eigenvalue weighted by Gasteiger charge is 2.14. The number of anilines is 1. The molecule has 4 nitrogen and oxygen atoms in total. The fourth-order valence-corrected chi connectivity index (χ4v) is 1.59. The zero-order chi connectivity index (χ0) is 12.4. The van der Waals surface area contributed by atoms with E-state index in [4.69, 9.17) is 5.73 Å².